The molecule has 0 amide bonds. The quantitative estimate of drug-likeness (QED) is 0.459. The summed E-state index contributed by atoms with van der Waals surface area (Å²) >= 11 is 0. The molecule has 6 rings (SSSR count). The molecule has 2 saturated heterocycles. The van der Waals surface area contributed by atoms with Crippen LogP contribution < -0.4 is 5.32 Å². The number of rotatable bonds is 8. The van der Waals surface area contributed by atoms with Crippen LogP contribution in [0.15, 0.2) is 0 Å². The Labute approximate surface area is 229 Å². The van der Waals surface area contributed by atoms with Crippen molar-refractivity contribution in [3.8, 4) is 0 Å². The van der Waals surface area contributed by atoms with Crippen LogP contribution in [0.4, 0.5) is 0 Å². The van der Waals surface area contributed by atoms with E-state index in [0.29, 0.717) is 17.9 Å². The second-order valence-electron chi connectivity index (χ2n) is 14.7. The fourth-order valence-electron chi connectivity index (χ4n) is 9.75. The predicted molar refractivity (Wildman–Crippen MR) is 146 cm³/mol. The molecule has 4 saturated carbocycles. The first-order chi connectivity index (χ1) is 18.0. The zero-order valence-electron chi connectivity index (χ0n) is 24.6. The Morgan fingerprint density at radius 2 is 1.95 bits per heavy atom. The Balaban J connectivity index is 1.36. The number of aliphatic hydroxyl groups excluding tert-OH is 1. The predicted octanol–water partition coefficient (Wildman–Crippen LogP) is 3.91. The van der Waals surface area contributed by atoms with Crippen molar-refractivity contribution >= 4 is 5.97 Å². The lowest BCUT2D eigenvalue weighted by atomic mass is 9.42. The summed E-state index contributed by atoms with van der Waals surface area (Å²) in [5.41, 5.74) is -0.916. The molecule has 6 aliphatic rings. The summed E-state index contributed by atoms with van der Waals surface area (Å²) in [6, 6.07) is 0.0781. The lowest BCUT2D eigenvalue weighted by Gasteiger charge is -2.70. The van der Waals surface area contributed by atoms with Gasteiger partial charge in [0.05, 0.1) is 23.9 Å². The van der Waals surface area contributed by atoms with Gasteiger partial charge in [-0.2, -0.15) is 0 Å². The molecule has 7 heteroatoms. The van der Waals surface area contributed by atoms with Crippen molar-refractivity contribution in [2.45, 2.75) is 140 Å². The average molecular weight is 533 g/mol. The third-order valence-electron chi connectivity index (χ3n) is 11.6. The number of hydrogen-bond donors (Lipinski definition) is 2. The van der Waals surface area contributed by atoms with E-state index in [1.54, 1.807) is 0 Å². The molecule has 0 aromatic carbocycles. The van der Waals surface area contributed by atoms with E-state index < -0.39 is 11.7 Å². The van der Waals surface area contributed by atoms with E-state index >= 15 is 0 Å². The zero-order valence-corrected chi connectivity index (χ0v) is 24.6. The second kappa shape index (κ2) is 9.68. The number of carbonyl (C=O) groups excluding carboxylic acids is 1. The molecule has 0 radical (unpaired) electrons. The monoisotopic (exact) mass is 532 g/mol. The number of hydrogen-bond acceptors (Lipinski definition) is 7. The molecule has 1 spiro atoms. The van der Waals surface area contributed by atoms with Crippen molar-refractivity contribution in [1.29, 1.82) is 0 Å². The van der Waals surface area contributed by atoms with Crippen molar-refractivity contribution in [2.75, 3.05) is 20.2 Å². The molecule has 7 nitrogen and oxygen atoms in total. The van der Waals surface area contributed by atoms with E-state index in [-0.39, 0.29) is 47.2 Å². The van der Waals surface area contributed by atoms with Crippen LogP contribution in [-0.2, 0) is 19.0 Å². The highest BCUT2D eigenvalue weighted by Crippen LogP contribution is 2.70. The maximum Gasteiger partial charge on any atom is 0.323 e. The molecule has 6 fully saturated rings. The largest absolute Gasteiger partial charge is 0.459 e. The highest BCUT2D eigenvalue weighted by atomic mass is 16.6. The molecule has 2 N–H and O–H groups in total. The summed E-state index contributed by atoms with van der Waals surface area (Å²) in [5, 5.41) is 15.1. The molecule has 2 heterocycles. The Morgan fingerprint density at radius 1 is 1.18 bits per heavy atom. The van der Waals surface area contributed by atoms with Crippen LogP contribution in [0.3, 0.4) is 0 Å². The van der Waals surface area contributed by atoms with Crippen molar-refractivity contribution in [3.05, 3.63) is 0 Å². The van der Waals surface area contributed by atoms with Crippen LogP contribution in [0, 0.1) is 29.1 Å². The Morgan fingerprint density at radius 3 is 2.61 bits per heavy atom. The maximum atomic E-state index is 13.4. The number of methoxy groups -OCH3 is 1. The maximum absolute atomic E-state index is 13.4. The highest BCUT2D eigenvalue weighted by Gasteiger charge is 2.78. The molecular weight excluding hydrogens is 480 g/mol. The number of ether oxygens (including phenoxy) is 3. The third kappa shape index (κ3) is 4.12. The average Bonchev–Trinajstić information content (AvgIpc) is 3.61. The van der Waals surface area contributed by atoms with Crippen LogP contribution in [0.5, 0.6) is 0 Å². The van der Waals surface area contributed by atoms with Crippen LogP contribution in [0.1, 0.15) is 92.4 Å². The van der Waals surface area contributed by atoms with Gasteiger partial charge in [-0.1, -0.05) is 20.3 Å². The van der Waals surface area contributed by atoms with Gasteiger partial charge < -0.3 is 19.3 Å². The Kier molecular flexibility index (Phi) is 6.99. The van der Waals surface area contributed by atoms with Crippen LogP contribution in [-0.4, -0.2) is 83.8 Å². The molecule has 4 aliphatic carbocycles. The van der Waals surface area contributed by atoms with Crippen molar-refractivity contribution in [1.82, 2.24) is 10.2 Å². The molecule has 216 valence electrons. The number of nitrogens with zero attached hydrogens (tertiary/aromatic N) is 1. The molecule has 2 bridgehead atoms. The van der Waals surface area contributed by atoms with Gasteiger partial charge in [0, 0.05) is 37.1 Å². The van der Waals surface area contributed by atoms with Crippen LogP contribution in [0.2, 0.25) is 0 Å². The van der Waals surface area contributed by atoms with E-state index in [4.69, 9.17) is 14.2 Å². The first-order valence-corrected chi connectivity index (χ1v) is 15.7. The minimum atomic E-state index is -0.526. The number of aliphatic hydroxyl groups is 1. The Bertz CT molecular complexity index is 903. The van der Waals surface area contributed by atoms with Crippen molar-refractivity contribution in [3.63, 3.8) is 0 Å². The number of nitrogens with one attached hydrogen (secondary N) is 1. The van der Waals surface area contributed by atoms with Crippen LogP contribution in [0.25, 0.3) is 0 Å². The molecule has 11 atom stereocenters. The fourth-order valence-corrected chi connectivity index (χ4v) is 9.75. The standard InChI is InChI=1S/C31H52N2O5/c1-7-18(2)25(28(35)38-29(3,4)5)32-21-12-13-31(36-6)23-16-20-10-11-22(34)26-24(20)30(31,27(21)37-26)14-15-33(23)17-19-8-9-19/h18-27,32,34H,7-17H2,1-6H3/t18-,20?,21?,22?,23?,24?,25-,26?,27-,30-,31+/m0/s1. The van der Waals surface area contributed by atoms with Gasteiger partial charge in [0.1, 0.15) is 11.6 Å². The van der Waals surface area contributed by atoms with E-state index in [9.17, 15) is 9.90 Å². The van der Waals surface area contributed by atoms with Gasteiger partial charge in [-0.3, -0.25) is 15.0 Å². The third-order valence-corrected chi connectivity index (χ3v) is 11.6. The SMILES string of the molecule is CC[C@H](C)[C@H](NC1CC[C@@]2(OC)C3CC4CCC(O)C5O[C@@H]1[C@]2(CCN3CC1CC1)C45)C(=O)OC(C)(C)C. The minimum Gasteiger partial charge on any atom is -0.459 e. The number of esters is 1. The smallest absolute Gasteiger partial charge is 0.323 e. The lowest BCUT2D eigenvalue weighted by Crippen LogP contribution is -2.79. The summed E-state index contributed by atoms with van der Waals surface area (Å²) in [4.78, 5) is 16.2. The van der Waals surface area contributed by atoms with E-state index in [1.165, 1.54) is 19.4 Å². The molecule has 0 aromatic heterocycles. The summed E-state index contributed by atoms with van der Waals surface area (Å²) < 4.78 is 19.7. The first-order valence-electron chi connectivity index (χ1n) is 15.7. The molecule has 38 heavy (non-hydrogen) atoms. The minimum absolute atomic E-state index is 0.0389. The summed E-state index contributed by atoms with van der Waals surface area (Å²) in [5.74, 6) is 1.73. The van der Waals surface area contributed by atoms with Crippen LogP contribution >= 0.6 is 0 Å². The van der Waals surface area contributed by atoms with Gasteiger partial charge in [-0.15, -0.1) is 0 Å². The highest BCUT2D eigenvalue weighted by molar-refractivity contribution is 5.76. The fraction of sp³-hybridized carbons (Fsp3) is 0.968. The lowest BCUT2D eigenvalue weighted by molar-refractivity contribution is -0.272. The Hall–Kier alpha value is -0.730. The van der Waals surface area contributed by atoms with E-state index in [0.717, 1.165) is 57.4 Å². The van der Waals surface area contributed by atoms with E-state index in [2.05, 4.69) is 24.1 Å². The topological polar surface area (TPSA) is 80.3 Å². The first kappa shape index (κ1) is 27.4. The zero-order chi connectivity index (χ0) is 27.0. The van der Waals surface area contributed by atoms with Gasteiger partial charge in [0.2, 0.25) is 0 Å². The van der Waals surface area contributed by atoms with Gasteiger partial charge in [0.15, 0.2) is 0 Å². The van der Waals surface area contributed by atoms with Crippen molar-refractivity contribution in [2.24, 2.45) is 29.1 Å². The summed E-state index contributed by atoms with van der Waals surface area (Å²) in [6.45, 7) is 12.4. The molecule has 6 unspecified atom stereocenters. The number of piperidine rings is 1. The summed E-state index contributed by atoms with van der Waals surface area (Å²) in [6.07, 6.45) is 9.03. The van der Waals surface area contributed by atoms with Gasteiger partial charge in [0.25, 0.3) is 0 Å². The molecule has 0 aromatic rings. The normalized spacial score (nSPS) is 45.8. The van der Waals surface area contributed by atoms with Gasteiger partial charge >= 0.3 is 5.97 Å². The molecule has 2 aliphatic heterocycles. The van der Waals surface area contributed by atoms with Gasteiger partial charge in [-0.05, 0) is 96.4 Å². The number of likely N-dealkylation sites (tertiary alicyclic amines) is 1. The van der Waals surface area contributed by atoms with Gasteiger partial charge in [-0.25, -0.2) is 0 Å². The van der Waals surface area contributed by atoms with E-state index in [1.807, 2.05) is 27.9 Å². The molecular formula is C31H52N2O5. The number of carbonyl (C=O) groups is 1. The van der Waals surface area contributed by atoms with Crippen molar-refractivity contribution < 1.29 is 24.1 Å². The summed E-state index contributed by atoms with van der Waals surface area (Å²) in [7, 11) is 1.94. The second-order valence-corrected chi connectivity index (χ2v) is 14.7.